The second-order valence-electron chi connectivity index (χ2n) is 11.9. The third kappa shape index (κ3) is 8.36. The van der Waals surface area contributed by atoms with Gasteiger partial charge in [0.1, 0.15) is 0 Å². The zero-order chi connectivity index (χ0) is 34.8. The fraction of sp³-hybridized carbons (Fsp3) is 0.344. The van der Waals surface area contributed by atoms with Gasteiger partial charge in [0.25, 0.3) is 17.7 Å². The second kappa shape index (κ2) is 14.5. The Bertz CT molecular complexity index is 1960. The Balaban J connectivity index is 1.51. The number of amides is 3. The number of nitrogens with one attached hydrogen (secondary N) is 3. The topological polar surface area (TPSA) is 168 Å². The molecule has 0 bridgehead atoms. The zero-order valence-electron chi connectivity index (χ0n) is 26.0. The number of hydrogen-bond donors (Lipinski definition) is 3. The summed E-state index contributed by atoms with van der Waals surface area (Å²) >= 11 is 13.0. The van der Waals surface area contributed by atoms with Crippen LogP contribution < -0.4 is 14.9 Å². The zero-order valence-corrected chi connectivity index (χ0v) is 29.1. The van der Waals surface area contributed by atoms with Crippen LogP contribution in [0.15, 0.2) is 66.7 Å². The smallest absolute Gasteiger partial charge is 0.264 e. The summed E-state index contributed by atoms with van der Waals surface area (Å²) in [5.41, 5.74) is 4.19. The first kappa shape index (κ1) is 35.8. The van der Waals surface area contributed by atoms with E-state index in [1.807, 2.05) is 4.72 Å². The minimum absolute atomic E-state index is 0.0744. The molecule has 1 aliphatic heterocycles. The van der Waals surface area contributed by atoms with Crippen molar-refractivity contribution in [3.63, 3.8) is 0 Å². The molecule has 5 rings (SSSR count). The van der Waals surface area contributed by atoms with Crippen LogP contribution in [0.1, 0.15) is 75.0 Å². The Labute approximate surface area is 289 Å². The van der Waals surface area contributed by atoms with Crippen LogP contribution >= 0.6 is 23.2 Å². The molecule has 1 fully saturated rings. The lowest BCUT2D eigenvalue weighted by molar-refractivity contribution is -0.138. The van der Waals surface area contributed by atoms with Gasteiger partial charge in [-0.1, -0.05) is 72.4 Å². The van der Waals surface area contributed by atoms with Crippen molar-refractivity contribution in [3.8, 4) is 0 Å². The number of fused-ring (bicyclic) bond motifs is 1. The minimum atomic E-state index is -3.78. The second-order valence-corrected chi connectivity index (χ2v) is 16.3. The summed E-state index contributed by atoms with van der Waals surface area (Å²) in [7, 11) is -7.42. The molecule has 48 heavy (non-hydrogen) atoms. The maximum Gasteiger partial charge on any atom is 0.264 e. The van der Waals surface area contributed by atoms with Gasteiger partial charge in [0.2, 0.25) is 20.0 Å². The molecule has 3 aromatic carbocycles. The highest BCUT2D eigenvalue weighted by Gasteiger charge is 2.49. The summed E-state index contributed by atoms with van der Waals surface area (Å²) in [6.45, 7) is -0.182. The van der Waals surface area contributed by atoms with Gasteiger partial charge in [0.05, 0.1) is 31.1 Å². The largest absolute Gasteiger partial charge is 0.326 e. The summed E-state index contributed by atoms with van der Waals surface area (Å²) in [5, 5.41) is 0.569. The van der Waals surface area contributed by atoms with E-state index in [0.717, 1.165) is 25.4 Å². The maximum atomic E-state index is 14.4. The van der Waals surface area contributed by atoms with Crippen LogP contribution in [-0.4, -0.2) is 64.1 Å². The number of benzene rings is 3. The van der Waals surface area contributed by atoms with Crippen LogP contribution in [0.25, 0.3) is 0 Å². The Hall–Kier alpha value is -3.53. The average molecular weight is 738 g/mol. The molecule has 2 aliphatic rings. The maximum absolute atomic E-state index is 14.4. The summed E-state index contributed by atoms with van der Waals surface area (Å²) in [4.78, 5) is 48.1. The fourth-order valence-corrected chi connectivity index (χ4v) is 8.21. The van der Waals surface area contributed by atoms with Crippen LogP contribution in [-0.2, 0) is 36.3 Å². The molecule has 0 aromatic heterocycles. The van der Waals surface area contributed by atoms with Gasteiger partial charge in [-0.2, -0.15) is 0 Å². The molecular weight excluding hydrogens is 703 g/mol. The van der Waals surface area contributed by atoms with Gasteiger partial charge in [-0.05, 0) is 59.9 Å². The SMILES string of the molecule is CS(=O)(=O)NC(=O)c1cccc(CONC(=O)[C@@H]2c3ccccc3C(=O)N([C@H]3CCCC[C@@H]3NS(C)(=O)=O)[C@H]2c2ccc(Cl)cc2Cl)c1. The predicted octanol–water partition coefficient (Wildman–Crippen LogP) is 4.07. The highest BCUT2D eigenvalue weighted by Crippen LogP contribution is 2.47. The van der Waals surface area contributed by atoms with Gasteiger partial charge in [-0.25, -0.2) is 31.8 Å². The Morgan fingerprint density at radius 1 is 0.896 bits per heavy atom. The van der Waals surface area contributed by atoms with Crippen molar-refractivity contribution < 1.29 is 36.1 Å². The lowest BCUT2D eigenvalue weighted by Gasteiger charge is -2.49. The molecule has 4 atom stereocenters. The molecule has 1 aliphatic carbocycles. The van der Waals surface area contributed by atoms with Crippen LogP contribution in [0.2, 0.25) is 10.0 Å². The summed E-state index contributed by atoms with van der Waals surface area (Å²) in [5.74, 6) is -2.85. The molecule has 3 amide bonds. The molecule has 0 radical (unpaired) electrons. The molecule has 1 heterocycles. The molecule has 12 nitrogen and oxygen atoms in total. The highest BCUT2D eigenvalue weighted by atomic mass is 35.5. The number of rotatable bonds is 10. The van der Waals surface area contributed by atoms with E-state index in [1.54, 1.807) is 53.4 Å². The molecule has 0 saturated heterocycles. The van der Waals surface area contributed by atoms with Crippen molar-refractivity contribution in [1.29, 1.82) is 0 Å². The number of sulfonamides is 2. The summed E-state index contributed by atoms with van der Waals surface area (Å²) in [6, 6.07) is 15.3. The first-order valence-electron chi connectivity index (χ1n) is 15.0. The number of nitrogens with zero attached hydrogens (tertiary/aromatic N) is 1. The van der Waals surface area contributed by atoms with E-state index in [-0.39, 0.29) is 28.7 Å². The van der Waals surface area contributed by atoms with Gasteiger partial charge < -0.3 is 4.90 Å². The molecule has 3 aromatic rings. The monoisotopic (exact) mass is 736 g/mol. The van der Waals surface area contributed by atoms with Crippen molar-refractivity contribution in [3.05, 3.63) is 105 Å². The molecule has 256 valence electrons. The first-order valence-corrected chi connectivity index (χ1v) is 19.5. The molecule has 0 spiro atoms. The standard InChI is InChI=1S/C32H34Cl2N4O8S2/c1-47(42,43)36-26-12-5-6-13-27(26)38-29(24-15-14-21(33)17-25(24)34)28(22-10-3-4-11-23(22)32(38)41)31(40)35-46-18-19-8-7-9-20(16-19)30(39)37-48(2,44)45/h3-4,7-11,14-17,26-29,36H,5-6,12-13,18H2,1-2H3,(H,35,40)(H,37,39)/t26-,27-,28+,29-/m0/s1. The van der Waals surface area contributed by atoms with E-state index in [0.29, 0.717) is 34.6 Å². The lowest BCUT2D eigenvalue weighted by atomic mass is 9.76. The van der Waals surface area contributed by atoms with Gasteiger partial charge in [-0.3, -0.25) is 19.2 Å². The first-order chi connectivity index (χ1) is 22.6. The van der Waals surface area contributed by atoms with Gasteiger partial charge in [-0.15, -0.1) is 0 Å². The molecule has 1 saturated carbocycles. The Kier molecular flexibility index (Phi) is 10.8. The molecule has 3 N–H and O–H groups in total. The van der Waals surface area contributed by atoms with Crippen molar-refractivity contribution in [2.75, 3.05) is 12.5 Å². The number of carbonyl (C=O) groups excluding carboxylic acids is 3. The van der Waals surface area contributed by atoms with E-state index in [1.165, 1.54) is 18.2 Å². The van der Waals surface area contributed by atoms with Crippen molar-refractivity contribution in [2.24, 2.45) is 0 Å². The van der Waals surface area contributed by atoms with Crippen LogP contribution in [0.5, 0.6) is 0 Å². The van der Waals surface area contributed by atoms with Crippen molar-refractivity contribution in [2.45, 2.75) is 56.3 Å². The molecule has 16 heteroatoms. The van der Waals surface area contributed by atoms with Crippen LogP contribution in [0, 0.1) is 0 Å². The van der Waals surface area contributed by atoms with E-state index in [2.05, 4.69) is 10.2 Å². The van der Waals surface area contributed by atoms with E-state index < -0.39 is 55.9 Å². The normalized spacial score (nSPS) is 21.3. The van der Waals surface area contributed by atoms with Gasteiger partial charge >= 0.3 is 0 Å². The summed E-state index contributed by atoms with van der Waals surface area (Å²) in [6.07, 6.45) is 4.40. The quantitative estimate of drug-likeness (QED) is 0.262. The molecule has 0 unspecified atom stereocenters. The van der Waals surface area contributed by atoms with Gasteiger partial charge in [0.15, 0.2) is 0 Å². The van der Waals surface area contributed by atoms with E-state index >= 15 is 0 Å². The third-order valence-corrected chi connectivity index (χ3v) is 10.1. The van der Waals surface area contributed by atoms with Gasteiger partial charge in [0, 0.05) is 33.3 Å². The van der Waals surface area contributed by atoms with E-state index in [9.17, 15) is 31.2 Å². The summed E-state index contributed by atoms with van der Waals surface area (Å²) < 4.78 is 52.4. The van der Waals surface area contributed by atoms with Crippen LogP contribution in [0.4, 0.5) is 0 Å². The van der Waals surface area contributed by atoms with E-state index in [4.69, 9.17) is 28.0 Å². The lowest BCUT2D eigenvalue weighted by Crippen LogP contribution is -2.59. The van der Waals surface area contributed by atoms with Crippen molar-refractivity contribution >= 4 is 61.0 Å². The Morgan fingerprint density at radius 2 is 1.62 bits per heavy atom. The predicted molar refractivity (Wildman–Crippen MR) is 180 cm³/mol. The minimum Gasteiger partial charge on any atom is -0.326 e. The number of hydroxylamine groups is 1. The third-order valence-electron chi connectivity index (χ3n) is 8.27. The molecular formula is C32H34Cl2N4O8S2. The van der Waals surface area contributed by atoms with Crippen LogP contribution in [0.3, 0.4) is 0 Å². The number of hydrogen-bond acceptors (Lipinski definition) is 8. The Morgan fingerprint density at radius 3 is 2.33 bits per heavy atom. The fourth-order valence-electron chi connectivity index (χ4n) is 6.41. The number of halogens is 2. The average Bonchev–Trinajstić information content (AvgIpc) is 3.00. The highest BCUT2D eigenvalue weighted by molar-refractivity contribution is 7.89. The number of carbonyl (C=O) groups is 3. The van der Waals surface area contributed by atoms with Crippen molar-refractivity contribution in [1.82, 2.24) is 19.8 Å².